The zero-order chi connectivity index (χ0) is 15.2. The van der Waals surface area contributed by atoms with Crippen molar-refractivity contribution in [3.8, 4) is 11.5 Å². The number of carbonyl (C=O) groups excluding carboxylic acids is 1. The van der Waals surface area contributed by atoms with Gasteiger partial charge in [0.1, 0.15) is 11.5 Å². The molecule has 0 fully saturated rings. The van der Waals surface area contributed by atoms with Crippen LogP contribution in [-0.4, -0.2) is 25.3 Å². The second-order valence-corrected chi connectivity index (χ2v) is 4.59. The van der Waals surface area contributed by atoms with Crippen LogP contribution in [0.15, 0.2) is 48.5 Å². The summed E-state index contributed by atoms with van der Waals surface area (Å²) >= 11 is 0. The first kappa shape index (κ1) is 14.7. The van der Waals surface area contributed by atoms with Gasteiger partial charge in [-0.05, 0) is 42.0 Å². The van der Waals surface area contributed by atoms with Crippen molar-refractivity contribution in [2.45, 2.75) is 6.54 Å². The molecule has 0 aromatic heterocycles. The molecule has 2 rings (SSSR count). The number of aromatic hydroxyl groups is 1. The number of hydrogen-bond acceptors (Lipinski definition) is 3. The molecule has 2 aromatic carbocycles. The SMILES string of the molecule is COc1cccc(CNC(=O)N(C)c2ccc(O)cc2)c1. The number of nitrogens with one attached hydrogen (secondary N) is 1. The molecule has 0 bridgehead atoms. The maximum atomic E-state index is 12.1. The van der Waals surface area contributed by atoms with E-state index in [9.17, 15) is 9.90 Å². The number of benzene rings is 2. The Bertz CT molecular complexity index is 611. The van der Waals surface area contributed by atoms with Crippen LogP contribution in [0.2, 0.25) is 0 Å². The van der Waals surface area contributed by atoms with E-state index in [2.05, 4.69) is 5.32 Å². The molecule has 0 saturated heterocycles. The van der Waals surface area contributed by atoms with Gasteiger partial charge in [0.05, 0.1) is 7.11 Å². The minimum absolute atomic E-state index is 0.170. The van der Waals surface area contributed by atoms with Crippen molar-refractivity contribution in [2.24, 2.45) is 0 Å². The summed E-state index contributed by atoms with van der Waals surface area (Å²) in [7, 11) is 3.28. The van der Waals surface area contributed by atoms with Gasteiger partial charge >= 0.3 is 6.03 Å². The number of ether oxygens (including phenoxy) is 1. The normalized spacial score (nSPS) is 10.0. The van der Waals surface area contributed by atoms with Crippen LogP contribution < -0.4 is 15.0 Å². The fourth-order valence-corrected chi connectivity index (χ4v) is 1.87. The van der Waals surface area contributed by atoms with Crippen LogP contribution in [0.25, 0.3) is 0 Å². The molecular weight excluding hydrogens is 268 g/mol. The molecule has 2 amide bonds. The molecule has 0 heterocycles. The van der Waals surface area contributed by atoms with Gasteiger partial charge in [-0.3, -0.25) is 4.90 Å². The Labute approximate surface area is 123 Å². The van der Waals surface area contributed by atoms with Gasteiger partial charge in [-0.15, -0.1) is 0 Å². The van der Waals surface area contributed by atoms with E-state index in [1.54, 1.807) is 38.4 Å². The zero-order valence-electron chi connectivity index (χ0n) is 12.0. The summed E-state index contributed by atoms with van der Waals surface area (Å²) in [5.74, 6) is 0.928. The number of phenolic OH excluding ortho intramolecular Hbond substituents is 1. The second-order valence-electron chi connectivity index (χ2n) is 4.59. The van der Waals surface area contributed by atoms with Crippen molar-refractivity contribution >= 4 is 11.7 Å². The van der Waals surface area contributed by atoms with Crippen LogP contribution in [0.5, 0.6) is 11.5 Å². The molecule has 0 spiro atoms. The Morgan fingerprint density at radius 3 is 2.62 bits per heavy atom. The molecule has 0 aliphatic carbocycles. The third-order valence-corrected chi connectivity index (χ3v) is 3.12. The number of rotatable bonds is 4. The molecule has 2 N–H and O–H groups in total. The van der Waals surface area contributed by atoms with E-state index in [1.165, 1.54) is 4.90 Å². The van der Waals surface area contributed by atoms with Gasteiger partial charge < -0.3 is 15.2 Å². The molecule has 0 aliphatic rings. The van der Waals surface area contributed by atoms with Crippen molar-refractivity contribution < 1.29 is 14.6 Å². The van der Waals surface area contributed by atoms with Crippen molar-refractivity contribution in [1.29, 1.82) is 0 Å². The summed E-state index contributed by atoms with van der Waals surface area (Å²) < 4.78 is 5.14. The summed E-state index contributed by atoms with van der Waals surface area (Å²) in [6, 6.07) is 13.8. The lowest BCUT2D eigenvalue weighted by Crippen LogP contribution is -2.36. The topological polar surface area (TPSA) is 61.8 Å². The molecular formula is C16H18N2O3. The fourth-order valence-electron chi connectivity index (χ4n) is 1.87. The van der Waals surface area contributed by atoms with E-state index in [1.807, 2.05) is 24.3 Å². The van der Waals surface area contributed by atoms with Crippen LogP contribution in [0.3, 0.4) is 0 Å². The van der Waals surface area contributed by atoms with E-state index in [0.29, 0.717) is 12.2 Å². The molecule has 0 saturated carbocycles. The summed E-state index contributed by atoms with van der Waals surface area (Å²) in [4.78, 5) is 13.6. The van der Waals surface area contributed by atoms with E-state index in [-0.39, 0.29) is 11.8 Å². The fraction of sp³-hybridized carbons (Fsp3) is 0.188. The number of phenols is 1. The highest BCUT2D eigenvalue weighted by atomic mass is 16.5. The third kappa shape index (κ3) is 3.89. The van der Waals surface area contributed by atoms with Gasteiger partial charge in [-0.25, -0.2) is 4.79 Å². The number of hydrogen-bond donors (Lipinski definition) is 2. The van der Waals surface area contributed by atoms with Crippen LogP contribution in [0.1, 0.15) is 5.56 Å². The van der Waals surface area contributed by atoms with Crippen molar-refractivity contribution in [3.63, 3.8) is 0 Å². The summed E-state index contributed by atoms with van der Waals surface area (Å²) in [5, 5.41) is 12.1. The lowest BCUT2D eigenvalue weighted by Gasteiger charge is -2.18. The molecule has 2 aromatic rings. The second kappa shape index (κ2) is 6.65. The predicted octanol–water partition coefficient (Wildman–Crippen LogP) is 2.75. The monoisotopic (exact) mass is 286 g/mol. The smallest absolute Gasteiger partial charge is 0.321 e. The van der Waals surface area contributed by atoms with E-state index in [0.717, 1.165) is 11.3 Å². The Hall–Kier alpha value is -2.69. The standard InChI is InChI=1S/C16H18N2O3/c1-18(13-6-8-14(19)9-7-13)16(20)17-11-12-4-3-5-15(10-12)21-2/h3-10,19H,11H2,1-2H3,(H,17,20). The van der Waals surface area contributed by atoms with Gasteiger partial charge in [0.2, 0.25) is 0 Å². The van der Waals surface area contributed by atoms with Crippen LogP contribution in [0, 0.1) is 0 Å². The van der Waals surface area contributed by atoms with Crippen molar-refractivity contribution in [1.82, 2.24) is 5.32 Å². The number of urea groups is 1. The molecule has 110 valence electrons. The number of amides is 2. The van der Waals surface area contributed by atoms with Gasteiger partial charge in [0, 0.05) is 19.3 Å². The number of methoxy groups -OCH3 is 1. The van der Waals surface area contributed by atoms with Crippen LogP contribution >= 0.6 is 0 Å². The van der Waals surface area contributed by atoms with Crippen LogP contribution in [-0.2, 0) is 6.54 Å². The Morgan fingerprint density at radius 1 is 1.24 bits per heavy atom. The lowest BCUT2D eigenvalue weighted by atomic mass is 10.2. The van der Waals surface area contributed by atoms with E-state index >= 15 is 0 Å². The molecule has 5 heteroatoms. The van der Waals surface area contributed by atoms with Crippen LogP contribution in [0.4, 0.5) is 10.5 Å². The molecule has 5 nitrogen and oxygen atoms in total. The lowest BCUT2D eigenvalue weighted by molar-refractivity contribution is 0.247. The largest absolute Gasteiger partial charge is 0.508 e. The Balaban J connectivity index is 1.96. The maximum absolute atomic E-state index is 12.1. The predicted molar refractivity (Wildman–Crippen MR) is 81.7 cm³/mol. The highest BCUT2D eigenvalue weighted by Crippen LogP contribution is 2.17. The minimum atomic E-state index is -0.219. The first-order valence-corrected chi connectivity index (χ1v) is 6.53. The average Bonchev–Trinajstić information content (AvgIpc) is 2.53. The zero-order valence-corrected chi connectivity index (χ0v) is 12.0. The summed E-state index contributed by atoms with van der Waals surface area (Å²) in [6.07, 6.45) is 0. The highest BCUT2D eigenvalue weighted by molar-refractivity contribution is 5.91. The van der Waals surface area contributed by atoms with Crippen molar-refractivity contribution in [3.05, 3.63) is 54.1 Å². The maximum Gasteiger partial charge on any atom is 0.321 e. The highest BCUT2D eigenvalue weighted by Gasteiger charge is 2.10. The van der Waals surface area contributed by atoms with E-state index in [4.69, 9.17) is 4.74 Å². The first-order chi connectivity index (χ1) is 10.1. The van der Waals surface area contributed by atoms with Gasteiger partial charge in [-0.1, -0.05) is 12.1 Å². The third-order valence-electron chi connectivity index (χ3n) is 3.12. The van der Waals surface area contributed by atoms with E-state index < -0.39 is 0 Å². The minimum Gasteiger partial charge on any atom is -0.508 e. The van der Waals surface area contributed by atoms with Gasteiger partial charge in [0.25, 0.3) is 0 Å². The van der Waals surface area contributed by atoms with Crippen molar-refractivity contribution in [2.75, 3.05) is 19.1 Å². The first-order valence-electron chi connectivity index (χ1n) is 6.53. The molecule has 0 unspecified atom stereocenters. The molecule has 21 heavy (non-hydrogen) atoms. The molecule has 0 atom stereocenters. The van der Waals surface area contributed by atoms with Gasteiger partial charge in [0.15, 0.2) is 0 Å². The molecule has 0 radical (unpaired) electrons. The van der Waals surface area contributed by atoms with Gasteiger partial charge in [-0.2, -0.15) is 0 Å². The number of carbonyl (C=O) groups is 1. The Kier molecular flexibility index (Phi) is 4.66. The number of anilines is 1. The molecule has 0 aliphatic heterocycles. The summed E-state index contributed by atoms with van der Waals surface area (Å²) in [5.41, 5.74) is 1.66. The summed E-state index contributed by atoms with van der Waals surface area (Å²) in [6.45, 7) is 0.415. The quantitative estimate of drug-likeness (QED) is 0.908. The number of nitrogens with zero attached hydrogens (tertiary/aromatic N) is 1. The average molecular weight is 286 g/mol. The Morgan fingerprint density at radius 2 is 1.95 bits per heavy atom.